The summed E-state index contributed by atoms with van der Waals surface area (Å²) in [7, 11) is 0. The number of nitrogens with one attached hydrogen (secondary N) is 1. The van der Waals surface area contributed by atoms with Crippen molar-refractivity contribution in [1.29, 1.82) is 0 Å². The predicted octanol–water partition coefficient (Wildman–Crippen LogP) is 2.60. The van der Waals surface area contributed by atoms with Crippen LogP contribution < -0.4 is 5.32 Å². The fraction of sp³-hybridized carbons (Fsp3) is 0.375. The first kappa shape index (κ1) is 16.2. The van der Waals surface area contributed by atoms with Crippen LogP contribution in [0.1, 0.15) is 26.0 Å². The zero-order valence-electron chi connectivity index (χ0n) is 12.7. The van der Waals surface area contributed by atoms with E-state index in [1.54, 1.807) is 36.9 Å². The van der Waals surface area contributed by atoms with Crippen molar-refractivity contribution in [3.8, 4) is 5.69 Å². The molecule has 1 aromatic heterocycles. The van der Waals surface area contributed by atoms with Gasteiger partial charge in [0, 0.05) is 12.7 Å². The van der Waals surface area contributed by atoms with Crippen LogP contribution in [0.5, 0.6) is 0 Å². The number of carboxylic acids is 1. The molecule has 1 heterocycles. The van der Waals surface area contributed by atoms with Crippen molar-refractivity contribution < 1.29 is 14.3 Å². The van der Waals surface area contributed by atoms with Gasteiger partial charge >= 0.3 is 5.97 Å². The van der Waals surface area contributed by atoms with Gasteiger partial charge < -0.3 is 10.4 Å². The maximum atomic E-state index is 13.0. The topological polar surface area (TPSA) is 67.2 Å². The lowest BCUT2D eigenvalue weighted by atomic mass is 9.90. The Morgan fingerprint density at radius 1 is 1.32 bits per heavy atom. The SMILES string of the molecule is CC(C)(CCNCc1ccnn1-c1ccc(F)cc1)C(=O)O. The van der Waals surface area contributed by atoms with Crippen LogP contribution in [0.2, 0.25) is 0 Å². The molecule has 0 aliphatic heterocycles. The van der Waals surface area contributed by atoms with Gasteiger partial charge in [-0.3, -0.25) is 4.79 Å². The Labute approximate surface area is 128 Å². The molecule has 22 heavy (non-hydrogen) atoms. The number of aliphatic carboxylic acids is 1. The van der Waals surface area contributed by atoms with Crippen molar-refractivity contribution in [3.63, 3.8) is 0 Å². The summed E-state index contributed by atoms with van der Waals surface area (Å²) in [6.45, 7) is 4.57. The first-order valence-corrected chi connectivity index (χ1v) is 7.13. The molecule has 0 unspecified atom stereocenters. The summed E-state index contributed by atoms with van der Waals surface area (Å²) in [5, 5.41) is 16.5. The van der Waals surface area contributed by atoms with E-state index in [4.69, 9.17) is 5.11 Å². The van der Waals surface area contributed by atoms with E-state index in [9.17, 15) is 9.18 Å². The fourth-order valence-electron chi connectivity index (χ4n) is 2.00. The third-order valence-electron chi connectivity index (χ3n) is 3.60. The monoisotopic (exact) mass is 305 g/mol. The van der Waals surface area contributed by atoms with Gasteiger partial charge in [0.15, 0.2) is 0 Å². The lowest BCUT2D eigenvalue weighted by molar-refractivity contribution is -0.147. The molecule has 0 saturated carbocycles. The molecule has 0 radical (unpaired) electrons. The molecule has 0 atom stereocenters. The maximum absolute atomic E-state index is 13.0. The van der Waals surface area contributed by atoms with Gasteiger partial charge in [-0.05, 0) is 57.1 Å². The van der Waals surface area contributed by atoms with E-state index in [0.717, 1.165) is 11.4 Å². The highest BCUT2D eigenvalue weighted by Crippen LogP contribution is 2.19. The Balaban J connectivity index is 1.94. The van der Waals surface area contributed by atoms with Gasteiger partial charge in [-0.25, -0.2) is 9.07 Å². The summed E-state index contributed by atoms with van der Waals surface area (Å²) >= 11 is 0. The Morgan fingerprint density at radius 2 is 2.00 bits per heavy atom. The highest BCUT2D eigenvalue weighted by Gasteiger charge is 2.26. The molecule has 2 rings (SSSR count). The van der Waals surface area contributed by atoms with Crippen LogP contribution in [0.4, 0.5) is 4.39 Å². The minimum absolute atomic E-state index is 0.286. The van der Waals surface area contributed by atoms with Gasteiger partial charge in [0.1, 0.15) is 5.82 Å². The predicted molar refractivity (Wildman–Crippen MR) is 81.3 cm³/mol. The number of carboxylic acid groups (broad SMARTS) is 1. The Hall–Kier alpha value is -2.21. The summed E-state index contributed by atoms with van der Waals surface area (Å²) in [6.07, 6.45) is 2.22. The van der Waals surface area contributed by atoms with Crippen LogP contribution in [0, 0.1) is 11.2 Å². The van der Waals surface area contributed by atoms with Crippen LogP contribution in [0.3, 0.4) is 0 Å². The molecule has 0 saturated heterocycles. The van der Waals surface area contributed by atoms with E-state index in [0.29, 0.717) is 19.5 Å². The number of hydrogen-bond acceptors (Lipinski definition) is 3. The Kier molecular flexibility index (Phi) is 4.92. The second kappa shape index (κ2) is 6.70. The molecule has 2 aromatic rings. The summed E-state index contributed by atoms with van der Waals surface area (Å²) in [6, 6.07) is 7.99. The van der Waals surface area contributed by atoms with E-state index in [1.807, 2.05) is 6.07 Å². The summed E-state index contributed by atoms with van der Waals surface area (Å²) in [5.74, 6) is -1.09. The Morgan fingerprint density at radius 3 is 2.64 bits per heavy atom. The Bertz CT molecular complexity index is 635. The van der Waals surface area contributed by atoms with Gasteiger partial charge in [-0.15, -0.1) is 0 Å². The number of nitrogens with zero attached hydrogens (tertiary/aromatic N) is 2. The van der Waals surface area contributed by atoms with Crippen molar-refractivity contribution in [2.75, 3.05) is 6.54 Å². The standard InChI is InChI=1S/C16H20FN3O2/c1-16(2,15(21)22)8-10-18-11-14-7-9-19-20(14)13-5-3-12(17)4-6-13/h3-7,9,18H,8,10-11H2,1-2H3,(H,21,22). The van der Waals surface area contributed by atoms with Crippen molar-refractivity contribution >= 4 is 5.97 Å². The molecule has 0 amide bonds. The molecule has 118 valence electrons. The molecule has 0 aliphatic rings. The van der Waals surface area contributed by atoms with Crippen molar-refractivity contribution in [1.82, 2.24) is 15.1 Å². The molecular formula is C16H20FN3O2. The number of carbonyl (C=O) groups is 1. The summed E-state index contributed by atoms with van der Waals surface area (Å²) < 4.78 is 14.7. The third kappa shape index (κ3) is 3.92. The fourth-order valence-corrected chi connectivity index (χ4v) is 2.00. The number of aromatic nitrogens is 2. The molecule has 2 N–H and O–H groups in total. The van der Waals surface area contributed by atoms with Crippen molar-refractivity contribution in [2.45, 2.75) is 26.8 Å². The van der Waals surface area contributed by atoms with E-state index >= 15 is 0 Å². The van der Waals surface area contributed by atoms with E-state index in [1.165, 1.54) is 12.1 Å². The third-order valence-corrected chi connectivity index (χ3v) is 3.60. The smallest absolute Gasteiger partial charge is 0.309 e. The zero-order chi connectivity index (χ0) is 16.2. The maximum Gasteiger partial charge on any atom is 0.309 e. The molecular weight excluding hydrogens is 285 g/mol. The van der Waals surface area contributed by atoms with E-state index in [-0.39, 0.29) is 5.82 Å². The minimum atomic E-state index is -0.800. The first-order valence-electron chi connectivity index (χ1n) is 7.13. The second-order valence-electron chi connectivity index (χ2n) is 5.83. The van der Waals surface area contributed by atoms with Crippen LogP contribution >= 0.6 is 0 Å². The van der Waals surface area contributed by atoms with E-state index < -0.39 is 11.4 Å². The lowest BCUT2D eigenvalue weighted by Gasteiger charge is -2.19. The molecule has 0 bridgehead atoms. The van der Waals surface area contributed by atoms with Gasteiger partial charge in [0.25, 0.3) is 0 Å². The molecule has 1 aromatic carbocycles. The molecule has 0 fully saturated rings. The van der Waals surface area contributed by atoms with Crippen LogP contribution in [0.25, 0.3) is 5.69 Å². The highest BCUT2D eigenvalue weighted by molar-refractivity contribution is 5.73. The van der Waals surface area contributed by atoms with Gasteiger partial charge in [0.2, 0.25) is 0 Å². The summed E-state index contributed by atoms with van der Waals surface area (Å²) in [4.78, 5) is 11.0. The number of benzene rings is 1. The van der Waals surface area contributed by atoms with Crippen LogP contribution in [-0.4, -0.2) is 27.4 Å². The van der Waals surface area contributed by atoms with Crippen molar-refractivity contribution in [3.05, 3.63) is 48.0 Å². The lowest BCUT2D eigenvalue weighted by Crippen LogP contribution is -2.29. The van der Waals surface area contributed by atoms with Gasteiger partial charge in [-0.1, -0.05) is 0 Å². The van der Waals surface area contributed by atoms with Crippen molar-refractivity contribution in [2.24, 2.45) is 5.41 Å². The number of rotatable bonds is 7. The van der Waals surface area contributed by atoms with Gasteiger partial charge in [-0.2, -0.15) is 5.10 Å². The van der Waals surface area contributed by atoms with E-state index in [2.05, 4.69) is 10.4 Å². The van der Waals surface area contributed by atoms with Crippen LogP contribution in [-0.2, 0) is 11.3 Å². The zero-order valence-corrected chi connectivity index (χ0v) is 12.7. The highest BCUT2D eigenvalue weighted by atomic mass is 19.1. The largest absolute Gasteiger partial charge is 0.481 e. The summed E-state index contributed by atoms with van der Waals surface area (Å²) in [5.41, 5.74) is 0.971. The minimum Gasteiger partial charge on any atom is -0.481 e. The number of halogens is 1. The van der Waals surface area contributed by atoms with Crippen LogP contribution in [0.15, 0.2) is 36.5 Å². The molecule has 6 heteroatoms. The average Bonchev–Trinajstić information content (AvgIpc) is 2.92. The second-order valence-corrected chi connectivity index (χ2v) is 5.83. The number of hydrogen-bond donors (Lipinski definition) is 2. The molecule has 0 spiro atoms. The normalized spacial score (nSPS) is 11.6. The average molecular weight is 305 g/mol. The quantitative estimate of drug-likeness (QED) is 0.772. The molecule has 5 nitrogen and oxygen atoms in total. The van der Waals surface area contributed by atoms with Gasteiger partial charge in [0.05, 0.1) is 16.8 Å². The first-order chi connectivity index (χ1) is 10.4. The molecule has 0 aliphatic carbocycles.